The number of methoxy groups -OCH3 is 2. The molecule has 0 spiro atoms. The number of rotatable bonds is 6. The zero-order chi connectivity index (χ0) is 12.0. The van der Waals surface area contributed by atoms with E-state index in [-0.39, 0.29) is 12.0 Å². The average Bonchev–Trinajstić information content (AvgIpc) is 2.82. The SMILES string of the molecule is COCCN(C(=O)C(C)OC)C1CCSC1. The minimum atomic E-state index is -0.359. The molecule has 0 aromatic carbocycles. The predicted molar refractivity (Wildman–Crippen MR) is 65.8 cm³/mol. The van der Waals surface area contributed by atoms with E-state index in [0.717, 1.165) is 17.9 Å². The van der Waals surface area contributed by atoms with Crippen molar-refractivity contribution in [3.8, 4) is 0 Å². The first kappa shape index (κ1) is 13.8. The molecule has 1 aliphatic heterocycles. The molecule has 94 valence electrons. The van der Waals surface area contributed by atoms with E-state index in [1.165, 1.54) is 0 Å². The Morgan fingerprint density at radius 3 is 2.81 bits per heavy atom. The molecule has 2 atom stereocenters. The van der Waals surface area contributed by atoms with Gasteiger partial charge in [0, 0.05) is 32.6 Å². The van der Waals surface area contributed by atoms with Gasteiger partial charge in [-0.2, -0.15) is 11.8 Å². The summed E-state index contributed by atoms with van der Waals surface area (Å²) in [6.45, 7) is 3.04. The molecule has 4 nitrogen and oxygen atoms in total. The van der Waals surface area contributed by atoms with Gasteiger partial charge >= 0.3 is 0 Å². The van der Waals surface area contributed by atoms with Crippen molar-refractivity contribution < 1.29 is 14.3 Å². The number of amides is 1. The molecule has 0 N–H and O–H groups in total. The van der Waals surface area contributed by atoms with Gasteiger partial charge < -0.3 is 14.4 Å². The first-order valence-corrected chi connectivity index (χ1v) is 6.76. The van der Waals surface area contributed by atoms with Crippen LogP contribution in [0.1, 0.15) is 13.3 Å². The molecule has 1 saturated heterocycles. The van der Waals surface area contributed by atoms with E-state index in [1.54, 1.807) is 21.1 Å². The molecule has 0 saturated carbocycles. The minimum Gasteiger partial charge on any atom is -0.383 e. The Balaban J connectivity index is 2.57. The summed E-state index contributed by atoms with van der Waals surface area (Å²) in [5.74, 6) is 2.25. The number of hydrogen-bond donors (Lipinski definition) is 0. The standard InChI is InChI=1S/C11H21NO3S/c1-9(15-3)11(13)12(5-6-14-2)10-4-7-16-8-10/h9-10H,4-8H2,1-3H3. The molecule has 1 fully saturated rings. The largest absolute Gasteiger partial charge is 0.383 e. The highest BCUT2D eigenvalue weighted by atomic mass is 32.2. The summed E-state index contributed by atoms with van der Waals surface area (Å²) in [7, 11) is 3.23. The Morgan fingerprint density at radius 2 is 2.31 bits per heavy atom. The maximum atomic E-state index is 12.1. The fourth-order valence-corrected chi connectivity index (χ4v) is 2.99. The van der Waals surface area contributed by atoms with Crippen LogP contribution in [-0.4, -0.2) is 61.8 Å². The maximum Gasteiger partial charge on any atom is 0.251 e. The van der Waals surface area contributed by atoms with Crippen molar-refractivity contribution in [2.75, 3.05) is 38.9 Å². The summed E-state index contributed by atoms with van der Waals surface area (Å²) in [5, 5.41) is 0. The molecular weight excluding hydrogens is 226 g/mol. The van der Waals surface area contributed by atoms with Gasteiger partial charge in [0.05, 0.1) is 6.61 Å². The number of carbonyl (C=O) groups is 1. The van der Waals surface area contributed by atoms with Gasteiger partial charge in [-0.1, -0.05) is 0 Å². The average molecular weight is 247 g/mol. The maximum absolute atomic E-state index is 12.1. The number of nitrogens with zero attached hydrogens (tertiary/aromatic N) is 1. The van der Waals surface area contributed by atoms with Crippen LogP contribution in [0.15, 0.2) is 0 Å². The second kappa shape index (κ2) is 7.14. The fourth-order valence-electron chi connectivity index (χ4n) is 1.76. The van der Waals surface area contributed by atoms with E-state index in [2.05, 4.69) is 0 Å². The van der Waals surface area contributed by atoms with E-state index in [1.807, 2.05) is 16.7 Å². The van der Waals surface area contributed by atoms with Gasteiger partial charge in [-0.15, -0.1) is 0 Å². The zero-order valence-corrected chi connectivity index (χ0v) is 11.1. The van der Waals surface area contributed by atoms with Gasteiger partial charge in [-0.25, -0.2) is 0 Å². The third-order valence-corrected chi connectivity index (χ3v) is 4.01. The molecule has 1 aliphatic rings. The van der Waals surface area contributed by atoms with Crippen LogP contribution in [0, 0.1) is 0 Å². The van der Waals surface area contributed by atoms with Crippen molar-refractivity contribution in [3.63, 3.8) is 0 Å². The first-order chi connectivity index (χ1) is 7.70. The summed E-state index contributed by atoms with van der Waals surface area (Å²) >= 11 is 1.91. The molecular formula is C11H21NO3S. The lowest BCUT2D eigenvalue weighted by Gasteiger charge is -2.30. The topological polar surface area (TPSA) is 38.8 Å². The van der Waals surface area contributed by atoms with Crippen molar-refractivity contribution in [2.24, 2.45) is 0 Å². The van der Waals surface area contributed by atoms with Crippen LogP contribution in [-0.2, 0) is 14.3 Å². The van der Waals surface area contributed by atoms with E-state index in [0.29, 0.717) is 19.2 Å². The lowest BCUT2D eigenvalue weighted by atomic mass is 10.2. The summed E-state index contributed by atoms with van der Waals surface area (Å²) in [6, 6.07) is 0.352. The summed E-state index contributed by atoms with van der Waals surface area (Å²) in [5.41, 5.74) is 0. The molecule has 1 amide bonds. The molecule has 0 aliphatic carbocycles. The molecule has 2 unspecified atom stereocenters. The van der Waals surface area contributed by atoms with Crippen molar-refractivity contribution in [2.45, 2.75) is 25.5 Å². The lowest BCUT2D eigenvalue weighted by molar-refractivity contribution is -0.143. The van der Waals surface area contributed by atoms with Crippen LogP contribution in [0.2, 0.25) is 0 Å². The van der Waals surface area contributed by atoms with Crippen molar-refractivity contribution >= 4 is 17.7 Å². The quantitative estimate of drug-likeness (QED) is 0.702. The summed E-state index contributed by atoms with van der Waals surface area (Å²) < 4.78 is 10.1. The highest BCUT2D eigenvalue weighted by Crippen LogP contribution is 2.23. The molecule has 5 heteroatoms. The van der Waals surface area contributed by atoms with Crippen LogP contribution in [0.3, 0.4) is 0 Å². The second-order valence-corrected chi connectivity index (χ2v) is 5.07. The fraction of sp³-hybridized carbons (Fsp3) is 0.909. The normalized spacial score (nSPS) is 22.1. The van der Waals surface area contributed by atoms with E-state index in [4.69, 9.17) is 9.47 Å². The number of carbonyl (C=O) groups excluding carboxylic acids is 1. The minimum absolute atomic E-state index is 0.0760. The number of thioether (sulfide) groups is 1. The van der Waals surface area contributed by atoms with Crippen molar-refractivity contribution in [1.82, 2.24) is 4.90 Å². The number of ether oxygens (including phenoxy) is 2. The zero-order valence-electron chi connectivity index (χ0n) is 10.3. The lowest BCUT2D eigenvalue weighted by Crippen LogP contribution is -2.47. The highest BCUT2D eigenvalue weighted by Gasteiger charge is 2.29. The molecule has 0 bridgehead atoms. The second-order valence-electron chi connectivity index (χ2n) is 3.92. The van der Waals surface area contributed by atoms with Crippen molar-refractivity contribution in [1.29, 1.82) is 0 Å². The molecule has 0 aromatic heterocycles. The van der Waals surface area contributed by atoms with E-state index >= 15 is 0 Å². The number of hydrogen-bond acceptors (Lipinski definition) is 4. The Morgan fingerprint density at radius 1 is 1.56 bits per heavy atom. The van der Waals surface area contributed by atoms with E-state index in [9.17, 15) is 4.79 Å². The Hall–Kier alpha value is -0.260. The van der Waals surface area contributed by atoms with Gasteiger partial charge in [0.1, 0.15) is 6.10 Å². The predicted octanol–water partition coefficient (Wildman–Crippen LogP) is 1.00. The molecule has 16 heavy (non-hydrogen) atoms. The summed E-state index contributed by atoms with van der Waals surface area (Å²) in [6.07, 6.45) is 0.721. The van der Waals surface area contributed by atoms with Crippen LogP contribution >= 0.6 is 11.8 Å². The molecule has 1 rings (SSSR count). The molecule has 1 heterocycles. The van der Waals surface area contributed by atoms with Gasteiger partial charge in [-0.05, 0) is 19.1 Å². The van der Waals surface area contributed by atoms with E-state index < -0.39 is 0 Å². The van der Waals surface area contributed by atoms with Gasteiger partial charge in [0.25, 0.3) is 5.91 Å². The van der Waals surface area contributed by atoms with Crippen LogP contribution < -0.4 is 0 Å². The summed E-state index contributed by atoms with van der Waals surface area (Å²) in [4.78, 5) is 14.0. The molecule has 0 aromatic rings. The third-order valence-electron chi connectivity index (χ3n) is 2.87. The Labute approximate surface area is 102 Å². The van der Waals surface area contributed by atoms with Gasteiger partial charge in [0.2, 0.25) is 0 Å². The van der Waals surface area contributed by atoms with Gasteiger partial charge in [0.15, 0.2) is 0 Å². The monoisotopic (exact) mass is 247 g/mol. The molecule has 0 radical (unpaired) electrons. The Kier molecular flexibility index (Phi) is 6.16. The van der Waals surface area contributed by atoms with Gasteiger partial charge in [-0.3, -0.25) is 4.79 Å². The van der Waals surface area contributed by atoms with Crippen molar-refractivity contribution in [3.05, 3.63) is 0 Å². The van der Waals surface area contributed by atoms with Crippen LogP contribution in [0.5, 0.6) is 0 Å². The van der Waals surface area contributed by atoms with Crippen LogP contribution in [0.25, 0.3) is 0 Å². The smallest absolute Gasteiger partial charge is 0.251 e. The first-order valence-electron chi connectivity index (χ1n) is 5.60. The van der Waals surface area contributed by atoms with Crippen LogP contribution in [0.4, 0.5) is 0 Å². The third kappa shape index (κ3) is 3.64. The Bertz CT molecular complexity index is 219. The highest BCUT2D eigenvalue weighted by molar-refractivity contribution is 7.99.